The van der Waals surface area contributed by atoms with E-state index in [0.717, 1.165) is 12.8 Å². The van der Waals surface area contributed by atoms with E-state index in [1.54, 1.807) is 0 Å². The van der Waals surface area contributed by atoms with Crippen molar-refractivity contribution in [1.29, 1.82) is 0 Å². The number of esters is 1. The minimum Gasteiger partial charge on any atom is -0.455 e. The van der Waals surface area contributed by atoms with E-state index in [1.807, 2.05) is 6.92 Å². The minimum atomic E-state index is -0.907. The molecule has 4 amide bonds. The van der Waals surface area contributed by atoms with Gasteiger partial charge in [-0.2, -0.15) is 5.01 Å². The number of imide groups is 1. The summed E-state index contributed by atoms with van der Waals surface area (Å²) in [7, 11) is 0. The number of rotatable bonds is 5. The van der Waals surface area contributed by atoms with Crippen molar-refractivity contribution in [3.05, 3.63) is 0 Å². The van der Waals surface area contributed by atoms with Crippen LogP contribution < -0.4 is 10.7 Å². The zero-order valence-electron chi connectivity index (χ0n) is 13.5. The molecule has 1 saturated carbocycles. The van der Waals surface area contributed by atoms with Crippen LogP contribution in [-0.2, 0) is 19.1 Å². The molecule has 23 heavy (non-hydrogen) atoms. The standard InChI is InChI=1S/C15H23N3O5/c1-3-4-12(20)23-9-11(19)17-18-13(21)15(16-14(18)22)7-5-10(2)6-8-15/h10H,3-9H2,1-2H3,(H,16,22)(H,17,19). The molecule has 1 aliphatic carbocycles. The van der Waals surface area contributed by atoms with Crippen molar-refractivity contribution in [1.82, 2.24) is 15.8 Å². The molecule has 0 aromatic rings. The van der Waals surface area contributed by atoms with Crippen LogP contribution in [0.1, 0.15) is 52.4 Å². The Hall–Kier alpha value is -2.12. The van der Waals surface area contributed by atoms with E-state index in [2.05, 4.69) is 17.7 Å². The Morgan fingerprint density at radius 1 is 1.35 bits per heavy atom. The summed E-state index contributed by atoms with van der Waals surface area (Å²) in [5, 5.41) is 3.40. The average molecular weight is 325 g/mol. The van der Waals surface area contributed by atoms with Gasteiger partial charge in [-0.25, -0.2) is 4.79 Å². The average Bonchev–Trinajstić information content (AvgIpc) is 2.73. The molecule has 0 aromatic heterocycles. The van der Waals surface area contributed by atoms with Crippen LogP contribution in [0.5, 0.6) is 0 Å². The first kappa shape index (κ1) is 17.2. The van der Waals surface area contributed by atoms with Crippen LogP contribution in [0, 0.1) is 5.92 Å². The van der Waals surface area contributed by atoms with E-state index in [-0.39, 0.29) is 6.42 Å². The van der Waals surface area contributed by atoms with Crippen LogP contribution in [-0.4, -0.2) is 41.0 Å². The molecule has 0 aromatic carbocycles. The number of hydrazine groups is 1. The van der Waals surface area contributed by atoms with Crippen LogP contribution in [0.15, 0.2) is 0 Å². The molecule has 1 spiro atoms. The number of carbonyl (C=O) groups is 4. The summed E-state index contributed by atoms with van der Waals surface area (Å²) < 4.78 is 4.76. The van der Waals surface area contributed by atoms with Crippen molar-refractivity contribution in [3.63, 3.8) is 0 Å². The number of hydrogen-bond acceptors (Lipinski definition) is 5. The number of hydrogen-bond donors (Lipinski definition) is 2. The second-order valence-electron chi connectivity index (χ2n) is 6.28. The Labute approximate surface area is 134 Å². The molecule has 128 valence electrons. The Balaban J connectivity index is 1.90. The summed E-state index contributed by atoms with van der Waals surface area (Å²) in [6, 6.07) is -0.641. The van der Waals surface area contributed by atoms with Gasteiger partial charge in [-0.05, 0) is 38.0 Å². The highest BCUT2D eigenvalue weighted by Crippen LogP contribution is 2.35. The Morgan fingerprint density at radius 3 is 2.61 bits per heavy atom. The van der Waals surface area contributed by atoms with Gasteiger partial charge in [-0.1, -0.05) is 13.8 Å². The molecule has 8 nitrogen and oxygen atoms in total. The Morgan fingerprint density at radius 2 is 2.00 bits per heavy atom. The van der Waals surface area contributed by atoms with Crippen LogP contribution in [0.3, 0.4) is 0 Å². The van der Waals surface area contributed by atoms with E-state index in [4.69, 9.17) is 4.74 Å². The van der Waals surface area contributed by atoms with Gasteiger partial charge < -0.3 is 10.1 Å². The van der Waals surface area contributed by atoms with Crippen molar-refractivity contribution in [2.75, 3.05) is 6.61 Å². The fraction of sp³-hybridized carbons (Fsp3) is 0.733. The molecule has 1 aliphatic heterocycles. The maximum atomic E-state index is 12.5. The summed E-state index contributed by atoms with van der Waals surface area (Å²) in [4.78, 5) is 47.5. The molecule has 0 unspecified atom stereocenters. The van der Waals surface area contributed by atoms with E-state index < -0.39 is 36.0 Å². The molecule has 2 aliphatic rings. The highest BCUT2D eigenvalue weighted by molar-refractivity contribution is 6.08. The lowest BCUT2D eigenvalue weighted by molar-refractivity contribution is -0.150. The summed E-state index contributed by atoms with van der Waals surface area (Å²) in [6.07, 6.45) is 3.67. The number of amides is 4. The first-order valence-corrected chi connectivity index (χ1v) is 8.00. The second kappa shape index (κ2) is 6.97. The van der Waals surface area contributed by atoms with E-state index in [0.29, 0.717) is 30.2 Å². The molecular formula is C15H23N3O5. The molecule has 0 atom stereocenters. The Bertz CT molecular complexity index is 511. The van der Waals surface area contributed by atoms with E-state index >= 15 is 0 Å². The SMILES string of the molecule is CCCC(=O)OCC(=O)NN1C(=O)NC2(CCC(C)CC2)C1=O. The zero-order chi connectivity index (χ0) is 17.0. The normalized spacial score (nSPS) is 27.0. The van der Waals surface area contributed by atoms with Crippen LogP contribution in [0.25, 0.3) is 0 Å². The van der Waals surface area contributed by atoms with Gasteiger partial charge in [0, 0.05) is 6.42 Å². The first-order valence-electron chi connectivity index (χ1n) is 8.00. The van der Waals surface area contributed by atoms with Gasteiger partial charge in [0.05, 0.1) is 0 Å². The third kappa shape index (κ3) is 3.80. The Kier molecular flexibility index (Phi) is 5.23. The highest BCUT2D eigenvalue weighted by atomic mass is 16.5. The van der Waals surface area contributed by atoms with E-state index in [1.165, 1.54) is 0 Å². The molecule has 2 rings (SSSR count). The summed E-state index contributed by atoms with van der Waals surface area (Å²) in [6.45, 7) is 3.41. The third-order valence-electron chi connectivity index (χ3n) is 4.34. The molecular weight excluding hydrogens is 302 g/mol. The van der Waals surface area contributed by atoms with Crippen molar-refractivity contribution in [2.24, 2.45) is 5.92 Å². The smallest absolute Gasteiger partial charge is 0.344 e. The van der Waals surface area contributed by atoms with Gasteiger partial charge in [0.2, 0.25) is 0 Å². The van der Waals surface area contributed by atoms with Crippen molar-refractivity contribution >= 4 is 23.8 Å². The maximum absolute atomic E-state index is 12.5. The number of nitrogens with zero attached hydrogens (tertiary/aromatic N) is 1. The van der Waals surface area contributed by atoms with Gasteiger partial charge in [0.25, 0.3) is 11.8 Å². The molecule has 2 fully saturated rings. The van der Waals surface area contributed by atoms with Crippen molar-refractivity contribution in [3.8, 4) is 0 Å². The van der Waals surface area contributed by atoms with Crippen molar-refractivity contribution in [2.45, 2.75) is 57.9 Å². The lowest BCUT2D eigenvalue weighted by Crippen LogP contribution is -2.52. The lowest BCUT2D eigenvalue weighted by Gasteiger charge is -2.33. The highest BCUT2D eigenvalue weighted by Gasteiger charge is 2.52. The quantitative estimate of drug-likeness (QED) is 0.576. The minimum absolute atomic E-state index is 0.220. The van der Waals surface area contributed by atoms with Crippen molar-refractivity contribution < 1.29 is 23.9 Å². The molecule has 0 bridgehead atoms. The second-order valence-corrected chi connectivity index (χ2v) is 6.28. The first-order chi connectivity index (χ1) is 10.9. The van der Waals surface area contributed by atoms with Gasteiger partial charge in [-0.15, -0.1) is 0 Å². The summed E-state index contributed by atoms with van der Waals surface area (Å²) in [5.41, 5.74) is 1.31. The summed E-state index contributed by atoms with van der Waals surface area (Å²) in [5.74, 6) is -1.12. The van der Waals surface area contributed by atoms with Gasteiger partial charge in [0.1, 0.15) is 5.54 Å². The monoisotopic (exact) mass is 325 g/mol. The fourth-order valence-electron chi connectivity index (χ4n) is 2.89. The van der Waals surface area contributed by atoms with Gasteiger partial charge in [-0.3, -0.25) is 19.8 Å². The molecule has 1 heterocycles. The molecule has 8 heteroatoms. The van der Waals surface area contributed by atoms with Crippen LogP contribution in [0.4, 0.5) is 4.79 Å². The van der Waals surface area contributed by atoms with Crippen LogP contribution >= 0.6 is 0 Å². The van der Waals surface area contributed by atoms with E-state index in [9.17, 15) is 19.2 Å². The number of urea groups is 1. The lowest BCUT2D eigenvalue weighted by atomic mass is 9.77. The molecule has 0 radical (unpaired) electrons. The predicted molar refractivity (Wildman–Crippen MR) is 79.8 cm³/mol. The number of carbonyl (C=O) groups excluding carboxylic acids is 4. The number of ether oxygens (including phenoxy) is 1. The van der Waals surface area contributed by atoms with Gasteiger partial charge in [0.15, 0.2) is 6.61 Å². The predicted octanol–water partition coefficient (Wildman–Crippen LogP) is 0.862. The zero-order valence-corrected chi connectivity index (χ0v) is 13.5. The molecule has 2 N–H and O–H groups in total. The third-order valence-corrected chi connectivity index (χ3v) is 4.34. The van der Waals surface area contributed by atoms with Gasteiger partial charge >= 0.3 is 12.0 Å². The topological polar surface area (TPSA) is 105 Å². The maximum Gasteiger partial charge on any atom is 0.344 e. The summed E-state index contributed by atoms with van der Waals surface area (Å²) >= 11 is 0. The fourth-order valence-corrected chi connectivity index (χ4v) is 2.89. The molecule has 1 saturated heterocycles. The number of nitrogens with one attached hydrogen (secondary N) is 2. The largest absolute Gasteiger partial charge is 0.455 e. The van der Waals surface area contributed by atoms with Crippen LogP contribution in [0.2, 0.25) is 0 Å².